The summed E-state index contributed by atoms with van der Waals surface area (Å²) in [7, 11) is -4.40. The van der Waals surface area contributed by atoms with Gasteiger partial charge in [-0.25, -0.2) is 27.4 Å². The van der Waals surface area contributed by atoms with Crippen molar-refractivity contribution < 1.29 is 55.2 Å². The van der Waals surface area contributed by atoms with Gasteiger partial charge in [0, 0.05) is 12.5 Å². The highest BCUT2D eigenvalue weighted by Gasteiger charge is 2.35. The van der Waals surface area contributed by atoms with Crippen molar-refractivity contribution >= 4 is 22.3 Å². The molecule has 1 saturated heterocycles. The number of aromatic nitrogens is 2. The first-order chi connectivity index (χ1) is 22.7. The predicted octanol–water partition coefficient (Wildman–Crippen LogP) is 5.32. The summed E-state index contributed by atoms with van der Waals surface area (Å²) in [6, 6.07) is 12.5. The van der Waals surface area contributed by atoms with E-state index >= 15 is 0 Å². The van der Waals surface area contributed by atoms with E-state index in [-0.39, 0.29) is 53.5 Å². The van der Waals surface area contributed by atoms with Crippen LogP contribution >= 0.6 is 0 Å². The number of carbonyl (C=O) groups excluding carboxylic acids is 2. The van der Waals surface area contributed by atoms with E-state index in [0.29, 0.717) is 18.4 Å². The number of rotatable bonds is 11. The lowest BCUT2D eigenvalue weighted by atomic mass is 9.99. The number of amides is 1. The average molecular weight is 699 g/mol. The second-order valence-electron chi connectivity index (χ2n) is 10.6. The third-order valence-corrected chi connectivity index (χ3v) is 8.36. The minimum atomic E-state index is -4.71. The lowest BCUT2D eigenvalue weighted by molar-refractivity contribution is -0.715. The number of nitrogens with zero attached hydrogens (tertiary/aromatic N) is 5. The summed E-state index contributed by atoms with van der Waals surface area (Å²) in [5.41, 5.74) is 0.562. The second-order valence-corrected chi connectivity index (χ2v) is 12.3. The molecule has 2 heterocycles. The summed E-state index contributed by atoms with van der Waals surface area (Å²) in [5.74, 6) is -0.187. The molecule has 260 valence electrons. The molecular formula is C29H33F3N6O9S. The molecule has 0 aliphatic carbocycles. The summed E-state index contributed by atoms with van der Waals surface area (Å²) in [5, 5.41) is 20.5. The smallest absolute Gasteiger partial charge is 0.511 e. The number of alkyl halides is 3. The van der Waals surface area contributed by atoms with Gasteiger partial charge in [0.15, 0.2) is 5.69 Å². The van der Waals surface area contributed by atoms with Crippen molar-refractivity contribution in [2.24, 2.45) is 11.2 Å². The Labute approximate surface area is 273 Å². The summed E-state index contributed by atoms with van der Waals surface area (Å²) in [4.78, 5) is 28.3. The third kappa shape index (κ3) is 9.49. The summed E-state index contributed by atoms with van der Waals surface area (Å²) in [6.45, 7) is 5.18. The Balaban J connectivity index is 1.30. The van der Waals surface area contributed by atoms with E-state index in [1.807, 2.05) is 11.6 Å². The average Bonchev–Trinajstić information content (AvgIpc) is 3.50. The molecule has 3 aromatic rings. The Morgan fingerprint density at radius 2 is 1.75 bits per heavy atom. The standard InChI is InChI=1S/C29H33F3N6O9S/c1-4-44-28(40)46-20(3)47-35-38(41)36-15-13-21(14-16-36)18-45-27(39)34-48(42,43)24-11-9-23(10-12-24)37-25(17-26(33-37)29(30,31)32)22-7-5-19(2)6-8-22/h5-12,17,20-21H,4,13-16,18H2,1-3H3,(H,34,39). The number of hydrogen-bond acceptors (Lipinski definition) is 11. The van der Waals surface area contributed by atoms with Crippen LogP contribution in [0.3, 0.4) is 0 Å². The van der Waals surface area contributed by atoms with E-state index in [2.05, 4.69) is 15.1 Å². The molecule has 1 aromatic heterocycles. The Morgan fingerprint density at radius 3 is 2.35 bits per heavy atom. The molecule has 1 aliphatic rings. The van der Waals surface area contributed by atoms with E-state index in [9.17, 15) is 36.4 Å². The Hall–Kier alpha value is -5.07. The summed E-state index contributed by atoms with van der Waals surface area (Å²) < 4.78 is 83.5. The fourth-order valence-electron chi connectivity index (χ4n) is 4.53. The number of sulfonamides is 1. The fourth-order valence-corrected chi connectivity index (χ4v) is 5.42. The number of hydrazine groups is 1. The predicted molar refractivity (Wildman–Crippen MR) is 159 cm³/mol. The van der Waals surface area contributed by atoms with Crippen LogP contribution < -0.4 is 4.72 Å². The van der Waals surface area contributed by atoms with Crippen molar-refractivity contribution in [3.8, 4) is 16.9 Å². The molecular weight excluding hydrogens is 665 g/mol. The number of benzene rings is 2. The highest BCUT2D eigenvalue weighted by atomic mass is 32.2. The number of aryl methyl sites for hydroxylation is 1. The lowest BCUT2D eigenvalue weighted by Crippen LogP contribution is -2.40. The van der Waals surface area contributed by atoms with Gasteiger partial charge in [-0.05, 0) is 62.9 Å². The van der Waals surface area contributed by atoms with Gasteiger partial charge in [0.1, 0.15) is 0 Å². The maximum absolute atomic E-state index is 13.5. The van der Waals surface area contributed by atoms with Gasteiger partial charge in [-0.1, -0.05) is 29.8 Å². The molecule has 15 nitrogen and oxygen atoms in total. The zero-order valence-electron chi connectivity index (χ0n) is 26.0. The van der Waals surface area contributed by atoms with Crippen LogP contribution in [0.25, 0.3) is 16.9 Å². The molecule has 1 atom stereocenters. The highest BCUT2D eigenvalue weighted by molar-refractivity contribution is 7.90. The summed E-state index contributed by atoms with van der Waals surface area (Å²) >= 11 is 0. The van der Waals surface area contributed by atoms with Crippen LogP contribution in [0.15, 0.2) is 64.8 Å². The van der Waals surface area contributed by atoms with Crippen LogP contribution in [-0.2, 0) is 35.2 Å². The third-order valence-electron chi connectivity index (χ3n) is 7.03. The zero-order valence-corrected chi connectivity index (χ0v) is 26.9. The molecule has 1 unspecified atom stereocenters. The Morgan fingerprint density at radius 1 is 1.10 bits per heavy atom. The summed E-state index contributed by atoms with van der Waals surface area (Å²) in [6.07, 6.45) is -7.28. The minimum Gasteiger partial charge on any atom is -0.569 e. The van der Waals surface area contributed by atoms with Crippen LogP contribution in [0.5, 0.6) is 0 Å². The number of carbonyl (C=O) groups is 2. The minimum absolute atomic E-state index is 0.101. The van der Waals surface area contributed by atoms with Crippen LogP contribution in [0.2, 0.25) is 0 Å². The molecule has 48 heavy (non-hydrogen) atoms. The van der Waals surface area contributed by atoms with E-state index < -0.39 is 40.4 Å². The molecule has 0 saturated carbocycles. The molecule has 1 fully saturated rings. The molecule has 2 aromatic carbocycles. The first-order valence-corrected chi connectivity index (χ1v) is 16.1. The van der Waals surface area contributed by atoms with Gasteiger partial charge in [0.2, 0.25) is 5.28 Å². The van der Waals surface area contributed by atoms with Crippen molar-refractivity contribution in [1.29, 1.82) is 0 Å². The van der Waals surface area contributed by atoms with E-state index in [0.717, 1.165) is 28.4 Å². The lowest BCUT2D eigenvalue weighted by Gasteiger charge is -2.27. The quantitative estimate of drug-likeness (QED) is 0.0901. The molecule has 0 spiro atoms. The van der Waals surface area contributed by atoms with Crippen LogP contribution in [-0.4, -0.2) is 73.0 Å². The maximum Gasteiger partial charge on any atom is 0.511 e. The van der Waals surface area contributed by atoms with Gasteiger partial charge < -0.3 is 19.4 Å². The number of piperidine rings is 1. The van der Waals surface area contributed by atoms with Crippen molar-refractivity contribution in [3.05, 3.63) is 71.1 Å². The van der Waals surface area contributed by atoms with Crippen LogP contribution in [0, 0.1) is 18.0 Å². The first-order valence-electron chi connectivity index (χ1n) is 14.6. The van der Waals surface area contributed by atoms with Gasteiger partial charge in [-0.3, -0.25) is 4.84 Å². The van der Waals surface area contributed by atoms with Crippen molar-refractivity contribution in [2.45, 2.75) is 51.0 Å². The van der Waals surface area contributed by atoms with Crippen LogP contribution in [0.1, 0.15) is 37.9 Å². The number of halogens is 3. The number of nitrogens with one attached hydrogen (secondary N) is 1. The van der Waals surface area contributed by atoms with E-state index in [1.54, 1.807) is 31.2 Å². The number of hydrogen-bond donors (Lipinski definition) is 1. The molecule has 1 aliphatic heterocycles. The molecule has 0 radical (unpaired) electrons. The van der Waals surface area contributed by atoms with Crippen molar-refractivity contribution in [1.82, 2.24) is 19.5 Å². The van der Waals surface area contributed by atoms with Crippen molar-refractivity contribution in [2.75, 3.05) is 26.3 Å². The highest BCUT2D eigenvalue weighted by Crippen LogP contribution is 2.33. The van der Waals surface area contributed by atoms with Gasteiger partial charge >= 0.3 is 18.4 Å². The Kier molecular flexibility index (Phi) is 11.3. The van der Waals surface area contributed by atoms with Gasteiger partial charge in [-0.15, -0.1) is 5.01 Å². The molecule has 0 bridgehead atoms. The topological polar surface area (TPSA) is 177 Å². The maximum atomic E-state index is 13.5. The second kappa shape index (κ2) is 15.2. The SMILES string of the molecule is CCOC(=O)OC(C)ON=[N+]([O-])N1CCC(COC(=O)NS(=O)(=O)c2ccc(-n3nc(C(F)(F)F)cc3-c3ccc(C)cc3)cc2)CC1. The molecule has 1 N–H and O–H groups in total. The normalized spacial score (nSPS) is 15.0. The van der Waals surface area contributed by atoms with Crippen molar-refractivity contribution in [3.63, 3.8) is 0 Å². The largest absolute Gasteiger partial charge is 0.569 e. The fraction of sp³-hybridized carbons (Fsp3) is 0.414. The van der Waals surface area contributed by atoms with E-state index in [1.165, 1.54) is 24.1 Å². The van der Waals surface area contributed by atoms with Gasteiger partial charge in [0.25, 0.3) is 16.3 Å². The molecule has 19 heteroatoms. The van der Waals surface area contributed by atoms with E-state index in [4.69, 9.17) is 14.3 Å². The monoisotopic (exact) mass is 698 g/mol. The van der Waals surface area contributed by atoms with Gasteiger partial charge in [0.05, 0.1) is 47.5 Å². The molecule has 4 rings (SSSR count). The zero-order chi connectivity index (χ0) is 35.1. The Bertz CT molecular complexity index is 1710. The number of ether oxygens (including phenoxy) is 3. The van der Waals surface area contributed by atoms with Crippen LogP contribution in [0.4, 0.5) is 22.8 Å². The first kappa shape index (κ1) is 35.8. The molecule has 1 amide bonds. The van der Waals surface area contributed by atoms with Gasteiger partial charge in [-0.2, -0.15) is 18.3 Å².